The Hall–Kier alpha value is -1.18. The first kappa shape index (κ1) is 7.47. The van der Waals surface area contributed by atoms with E-state index in [0.29, 0.717) is 6.10 Å². The highest BCUT2D eigenvalue weighted by atomic mass is 16.5. The van der Waals surface area contributed by atoms with Crippen molar-refractivity contribution in [3.8, 4) is 11.5 Å². The fourth-order valence-electron chi connectivity index (χ4n) is 0.981. The predicted octanol–water partition coefficient (Wildman–Crippen LogP) is 2.04. The van der Waals surface area contributed by atoms with Crippen molar-refractivity contribution in [2.24, 2.45) is 0 Å². The molecule has 0 aromatic heterocycles. The number of methoxy groups -OCH3 is 1. The van der Waals surface area contributed by atoms with Gasteiger partial charge in [0, 0.05) is 0 Å². The van der Waals surface area contributed by atoms with Gasteiger partial charge in [0.05, 0.1) is 19.3 Å². The average Bonchev–Trinajstić information content (AvgIpc) is 2.89. The van der Waals surface area contributed by atoms with Gasteiger partial charge in [0.15, 0.2) is 0 Å². The number of ether oxygens (including phenoxy) is 2. The van der Waals surface area contributed by atoms with Crippen molar-refractivity contribution < 1.29 is 9.47 Å². The SMILES string of the molecule is COc1[c]c(OC2CC2)ccc1. The first-order valence-electron chi connectivity index (χ1n) is 4.11. The van der Waals surface area contributed by atoms with Gasteiger partial charge in [0.25, 0.3) is 0 Å². The Morgan fingerprint density at radius 2 is 2.08 bits per heavy atom. The second-order valence-electron chi connectivity index (χ2n) is 2.90. The third-order valence-electron chi connectivity index (χ3n) is 1.78. The Kier molecular flexibility index (Phi) is 1.90. The second-order valence-corrected chi connectivity index (χ2v) is 2.90. The molecule has 12 heavy (non-hydrogen) atoms. The van der Waals surface area contributed by atoms with Crippen molar-refractivity contribution in [1.29, 1.82) is 0 Å². The van der Waals surface area contributed by atoms with Crippen LogP contribution in [0.3, 0.4) is 0 Å². The minimum absolute atomic E-state index is 0.424. The summed E-state index contributed by atoms with van der Waals surface area (Å²) < 4.78 is 10.6. The molecular weight excluding hydrogens is 152 g/mol. The van der Waals surface area contributed by atoms with Gasteiger partial charge in [-0.15, -0.1) is 0 Å². The number of rotatable bonds is 3. The Labute approximate surface area is 72.1 Å². The van der Waals surface area contributed by atoms with Crippen LogP contribution in [0.4, 0.5) is 0 Å². The van der Waals surface area contributed by atoms with Gasteiger partial charge in [-0.25, -0.2) is 0 Å². The summed E-state index contributed by atoms with van der Waals surface area (Å²) in [7, 11) is 1.63. The molecule has 2 nitrogen and oxygen atoms in total. The molecule has 1 fully saturated rings. The molecule has 0 saturated heterocycles. The van der Waals surface area contributed by atoms with Gasteiger partial charge in [-0.05, 0) is 25.0 Å². The number of hydrogen-bond donors (Lipinski definition) is 0. The third-order valence-corrected chi connectivity index (χ3v) is 1.78. The molecule has 0 atom stereocenters. The second kappa shape index (κ2) is 3.05. The van der Waals surface area contributed by atoms with Gasteiger partial charge in [-0.3, -0.25) is 0 Å². The zero-order valence-corrected chi connectivity index (χ0v) is 7.04. The van der Waals surface area contributed by atoms with E-state index >= 15 is 0 Å². The van der Waals surface area contributed by atoms with Gasteiger partial charge in [0.1, 0.15) is 11.5 Å². The van der Waals surface area contributed by atoms with E-state index in [9.17, 15) is 0 Å². The molecule has 0 aliphatic heterocycles. The van der Waals surface area contributed by atoms with E-state index in [2.05, 4.69) is 6.07 Å². The average molecular weight is 163 g/mol. The molecular formula is C10H11O2. The van der Waals surface area contributed by atoms with Gasteiger partial charge in [0.2, 0.25) is 0 Å². The monoisotopic (exact) mass is 163 g/mol. The van der Waals surface area contributed by atoms with Crippen molar-refractivity contribution in [2.45, 2.75) is 18.9 Å². The smallest absolute Gasteiger partial charge is 0.131 e. The highest BCUT2D eigenvalue weighted by Crippen LogP contribution is 2.27. The predicted molar refractivity (Wildman–Crippen MR) is 45.5 cm³/mol. The van der Waals surface area contributed by atoms with Crippen LogP contribution in [0.2, 0.25) is 0 Å². The van der Waals surface area contributed by atoms with Crippen LogP contribution < -0.4 is 9.47 Å². The minimum atomic E-state index is 0.424. The molecule has 0 bridgehead atoms. The number of benzene rings is 1. The van der Waals surface area contributed by atoms with Gasteiger partial charge in [-0.1, -0.05) is 6.07 Å². The summed E-state index contributed by atoms with van der Waals surface area (Å²) in [4.78, 5) is 0. The molecule has 1 aliphatic carbocycles. The zero-order valence-electron chi connectivity index (χ0n) is 7.04. The molecule has 0 spiro atoms. The van der Waals surface area contributed by atoms with Crippen LogP contribution in [0.25, 0.3) is 0 Å². The molecule has 1 radical (unpaired) electrons. The fourth-order valence-corrected chi connectivity index (χ4v) is 0.981. The molecule has 63 valence electrons. The van der Waals surface area contributed by atoms with Crippen molar-refractivity contribution in [2.75, 3.05) is 7.11 Å². The Bertz CT molecular complexity index is 266. The largest absolute Gasteiger partial charge is 0.496 e. The summed E-state index contributed by atoms with van der Waals surface area (Å²) in [5.41, 5.74) is 0. The van der Waals surface area contributed by atoms with E-state index in [0.717, 1.165) is 11.5 Å². The van der Waals surface area contributed by atoms with Gasteiger partial charge >= 0.3 is 0 Å². The summed E-state index contributed by atoms with van der Waals surface area (Å²) >= 11 is 0. The summed E-state index contributed by atoms with van der Waals surface area (Å²) in [5, 5.41) is 0. The van der Waals surface area contributed by atoms with Crippen molar-refractivity contribution in [1.82, 2.24) is 0 Å². The molecule has 1 aliphatic rings. The first-order chi connectivity index (χ1) is 5.88. The minimum Gasteiger partial charge on any atom is -0.496 e. The maximum Gasteiger partial charge on any atom is 0.131 e. The molecule has 2 heteroatoms. The van der Waals surface area contributed by atoms with E-state index in [4.69, 9.17) is 9.47 Å². The lowest BCUT2D eigenvalue weighted by Crippen LogP contribution is -1.95. The van der Waals surface area contributed by atoms with Gasteiger partial charge < -0.3 is 9.47 Å². The maximum absolute atomic E-state index is 5.53. The normalized spacial score (nSPS) is 15.8. The van der Waals surface area contributed by atoms with Crippen LogP contribution in [0.1, 0.15) is 12.8 Å². The quantitative estimate of drug-likeness (QED) is 0.678. The Balaban J connectivity index is 2.08. The molecule has 0 amide bonds. The summed E-state index contributed by atoms with van der Waals surface area (Å²) in [6.07, 6.45) is 2.77. The van der Waals surface area contributed by atoms with Crippen LogP contribution in [0, 0.1) is 6.07 Å². The highest BCUT2D eigenvalue weighted by Gasteiger charge is 2.23. The van der Waals surface area contributed by atoms with Crippen molar-refractivity contribution in [3.05, 3.63) is 24.3 Å². The van der Waals surface area contributed by atoms with Crippen molar-refractivity contribution in [3.63, 3.8) is 0 Å². The lowest BCUT2D eigenvalue weighted by atomic mass is 10.3. The highest BCUT2D eigenvalue weighted by molar-refractivity contribution is 5.31. The lowest BCUT2D eigenvalue weighted by molar-refractivity contribution is 0.300. The first-order valence-corrected chi connectivity index (χ1v) is 4.11. The summed E-state index contributed by atoms with van der Waals surface area (Å²) in [6.45, 7) is 0. The van der Waals surface area contributed by atoms with E-state index < -0.39 is 0 Å². The number of hydrogen-bond acceptors (Lipinski definition) is 2. The van der Waals surface area contributed by atoms with Crippen molar-refractivity contribution >= 4 is 0 Å². The molecule has 1 aromatic carbocycles. The zero-order chi connectivity index (χ0) is 8.39. The Morgan fingerprint density at radius 1 is 1.33 bits per heavy atom. The van der Waals surface area contributed by atoms with Crippen LogP contribution in [-0.2, 0) is 0 Å². The Morgan fingerprint density at radius 3 is 2.75 bits per heavy atom. The molecule has 0 heterocycles. The molecule has 0 unspecified atom stereocenters. The topological polar surface area (TPSA) is 18.5 Å². The summed E-state index contributed by atoms with van der Waals surface area (Å²) in [6, 6.07) is 8.70. The fraction of sp³-hybridized carbons (Fsp3) is 0.400. The molecule has 0 N–H and O–H groups in total. The van der Waals surface area contributed by atoms with Crippen LogP contribution in [0.5, 0.6) is 11.5 Å². The van der Waals surface area contributed by atoms with Crippen LogP contribution >= 0.6 is 0 Å². The van der Waals surface area contributed by atoms with Gasteiger partial charge in [-0.2, -0.15) is 0 Å². The molecule has 2 rings (SSSR count). The summed E-state index contributed by atoms with van der Waals surface area (Å²) in [5.74, 6) is 1.52. The molecule has 1 saturated carbocycles. The lowest BCUT2D eigenvalue weighted by Gasteiger charge is -2.04. The standard InChI is InChI=1S/C10H11O2/c1-11-9-3-2-4-10(7-9)12-8-5-6-8/h2-4,8H,5-6H2,1H3. The maximum atomic E-state index is 5.53. The van der Waals surface area contributed by atoms with E-state index in [1.807, 2.05) is 18.2 Å². The van der Waals surface area contributed by atoms with E-state index in [1.165, 1.54) is 12.8 Å². The van der Waals surface area contributed by atoms with E-state index in [-0.39, 0.29) is 0 Å². The van der Waals surface area contributed by atoms with E-state index in [1.54, 1.807) is 7.11 Å². The van der Waals surface area contributed by atoms with Crippen LogP contribution in [0.15, 0.2) is 18.2 Å². The van der Waals surface area contributed by atoms with Crippen LogP contribution in [-0.4, -0.2) is 13.2 Å². The molecule has 1 aromatic rings. The third kappa shape index (κ3) is 1.70.